The summed E-state index contributed by atoms with van der Waals surface area (Å²) in [6, 6.07) is 30.0. The smallest absolute Gasteiger partial charge is 0.305 e. The highest BCUT2D eigenvalue weighted by Gasteiger charge is 2.43. The van der Waals surface area contributed by atoms with Crippen molar-refractivity contribution >= 4 is 11.9 Å². The zero-order chi connectivity index (χ0) is 84.1. The van der Waals surface area contributed by atoms with Crippen LogP contribution in [-0.2, 0) is 133 Å². The Hall–Kier alpha value is -5.58. The predicted molar refractivity (Wildman–Crippen MR) is 446 cm³/mol. The molecule has 0 saturated heterocycles. The number of hydrogen-bond acceptors (Lipinski definition) is 29. The lowest BCUT2D eigenvalue weighted by Gasteiger charge is -2.33. The number of carbonyl (C=O) groups excluding carboxylic acids is 1. The molecule has 0 bridgehead atoms. The minimum absolute atomic E-state index is 0.0328. The maximum absolute atomic E-state index is 11.4. The Balaban J connectivity index is 1.00. The molecule has 4 aromatic carbocycles. The molecule has 0 aromatic heterocycles. The molecular formula is C88H141NO30. The first-order chi connectivity index (χ1) is 58.8. The fraction of sp³-hybridized carbons (Fsp3) is 0.705. The largest absolute Gasteiger partial charge is 0.494 e. The standard InChI is InChI=1S/C88H141NO30/c1-76(90)89-23-4-5-26-118-81-14-8-77(9-15-81)79-12-18-83-84-19-13-80(78-10-16-82(17-11-78)119-73-72-97-27-20-87(91)92)75-86(84)88(85(83)74-79,21-6-24-95-32-34-100-40-42-104-48-50-108-56-58-112-64-66-116-70-68-114-62-60-110-54-52-106-46-44-102-38-36-98-30-28-93-2)22-7-25-96-33-35-101-41-43-105-49-51-109-57-59-113-65-67-117-71-69-115-63-61-111-55-53-107-47-45-103-39-37-99-31-29-94-3/h8-19,74-75H,4-7,20-73H2,1-3H3,(H,89,90)(H,91,92). The molecule has 119 heavy (non-hydrogen) atoms. The molecule has 1 aliphatic carbocycles. The van der Waals surface area contributed by atoms with Crippen molar-refractivity contribution in [1.29, 1.82) is 0 Å². The highest BCUT2D eigenvalue weighted by atomic mass is 16.6. The fourth-order valence-corrected chi connectivity index (χ4v) is 12.0. The third-order valence-corrected chi connectivity index (χ3v) is 18.0. The summed E-state index contributed by atoms with van der Waals surface area (Å²) in [5, 5.41) is 11.8. The van der Waals surface area contributed by atoms with Gasteiger partial charge in [-0.1, -0.05) is 48.5 Å². The Labute approximate surface area is 706 Å². The number of carboxylic acids is 1. The second-order valence-electron chi connectivity index (χ2n) is 27.0. The maximum atomic E-state index is 11.4. The molecule has 1 aliphatic rings. The number of rotatable bonds is 89. The first-order valence-electron chi connectivity index (χ1n) is 42.3. The Morgan fingerprint density at radius 2 is 0.504 bits per heavy atom. The molecule has 0 heterocycles. The Morgan fingerprint density at radius 1 is 0.269 bits per heavy atom. The van der Waals surface area contributed by atoms with Crippen LogP contribution in [-0.4, -0.2) is 368 Å². The van der Waals surface area contributed by atoms with E-state index in [0.29, 0.717) is 329 Å². The lowest BCUT2D eigenvalue weighted by molar-refractivity contribution is -0.138. The highest BCUT2D eigenvalue weighted by molar-refractivity contribution is 5.86. The summed E-state index contributed by atoms with van der Waals surface area (Å²) < 4.78 is 152. The van der Waals surface area contributed by atoms with Gasteiger partial charge < -0.3 is 138 Å². The Bertz CT molecular complexity index is 2800. The normalized spacial score (nSPS) is 12.3. The van der Waals surface area contributed by atoms with E-state index in [-0.39, 0.29) is 25.5 Å². The number of benzene rings is 4. The van der Waals surface area contributed by atoms with Crippen molar-refractivity contribution in [3.63, 3.8) is 0 Å². The summed E-state index contributed by atoms with van der Waals surface area (Å²) in [4.78, 5) is 22.3. The molecule has 0 fully saturated rings. The lowest BCUT2D eigenvalue weighted by atomic mass is 9.70. The van der Waals surface area contributed by atoms with Gasteiger partial charge in [-0.2, -0.15) is 0 Å². The quantitative estimate of drug-likeness (QED) is 0.0390. The van der Waals surface area contributed by atoms with Gasteiger partial charge in [0.15, 0.2) is 0 Å². The third kappa shape index (κ3) is 53.3. The Morgan fingerprint density at radius 3 is 0.765 bits per heavy atom. The van der Waals surface area contributed by atoms with Crippen LogP contribution in [0.1, 0.15) is 63.0 Å². The van der Waals surface area contributed by atoms with Crippen LogP contribution in [0.15, 0.2) is 84.9 Å². The summed E-state index contributed by atoms with van der Waals surface area (Å²) in [5.74, 6) is 0.549. The van der Waals surface area contributed by atoms with Crippen LogP contribution in [0, 0.1) is 0 Å². The number of methoxy groups -OCH3 is 2. The summed E-state index contributed by atoms with van der Waals surface area (Å²) in [6.45, 7) is 25.7. The molecule has 0 radical (unpaired) electrons. The average molecular weight is 1690 g/mol. The fourth-order valence-electron chi connectivity index (χ4n) is 12.0. The van der Waals surface area contributed by atoms with Gasteiger partial charge in [0, 0.05) is 46.3 Å². The molecule has 1 amide bonds. The molecule has 31 nitrogen and oxygen atoms in total. The second kappa shape index (κ2) is 75.0. The van der Waals surface area contributed by atoms with Crippen LogP contribution in [0.5, 0.6) is 11.5 Å². The first kappa shape index (κ1) is 104. The van der Waals surface area contributed by atoms with Crippen molar-refractivity contribution in [2.24, 2.45) is 0 Å². The lowest BCUT2D eigenvalue weighted by Crippen LogP contribution is -2.27. The number of nitrogens with one attached hydrogen (secondary N) is 1. The first-order valence-corrected chi connectivity index (χ1v) is 42.3. The van der Waals surface area contributed by atoms with Crippen LogP contribution in [0.2, 0.25) is 0 Å². The number of ether oxygens (including phenoxy) is 27. The molecule has 0 atom stereocenters. The van der Waals surface area contributed by atoms with E-state index in [9.17, 15) is 9.59 Å². The summed E-state index contributed by atoms with van der Waals surface area (Å²) >= 11 is 0. The van der Waals surface area contributed by atoms with E-state index in [1.165, 1.54) is 29.2 Å². The predicted octanol–water partition coefficient (Wildman–Crippen LogP) is 8.67. The van der Waals surface area contributed by atoms with Crippen molar-refractivity contribution < 1.29 is 143 Å². The molecule has 0 spiro atoms. The van der Waals surface area contributed by atoms with E-state index in [2.05, 4.69) is 66.0 Å². The molecule has 5 rings (SSSR count). The van der Waals surface area contributed by atoms with Gasteiger partial charge in [0.05, 0.1) is 317 Å². The molecule has 2 N–H and O–H groups in total. The number of amides is 1. The summed E-state index contributed by atoms with van der Waals surface area (Å²) in [7, 11) is 3.29. The van der Waals surface area contributed by atoms with Crippen LogP contribution in [0.25, 0.3) is 33.4 Å². The van der Waals surface area contributed by atoms with Gasteiger partial charge in [0.2, 0.25) is 5.91 Å². The number of fused-ring (bicyclic) bond motifs is 3. The summed E-state index contributed by atoms with van der Waals surface area (Å²) in [5.41, 5.74) is 8.80. The van der Waals surface area contributed by atoms with Gasteiger partial charge in [-0.15, -0.1) is 0 Å². The molecule has 31 heteroatoms. The zero-order valence-electron chi connectivity index (χ0n) is 71.4. The van der Waals surface area contributed by atoms with Gasteiger partial charge >= 0.3 is 5.97 Å². The number of unbranched alkanes of at least 4 members (excludes halogenated alkanes) is 1. The number of hydrogen-bond donors (Lipinski definition) is 2. The minimum atomic E-state index is -0.902. The van der Waals surface area contributed by atoms with Crippen molar-refractivity contribution in [3.05, 3.63) is 96.1 Å². The number of carbonyl (C=O) groups is 2. The van der Waals surface area contributed by atoms with Gasteiger partial charge in [0.1, 0.15) is 18.1 Å². The van der Waals surface area contributed by atoms with Crippen LogP contribution in [0.3, 0.4) is 0 Å². The van der Waals surface area contributed by atoms with Crippen molar-refractivity contribution in [3.8, 4) is 44.9 Å². The topological polar surface area (TPSA) is 316 Å². The molecule has 0 unspecified atom stereocenters. The Kier molecular flexibility index (Phi) is 65.5. The van der Waals surface area contributed by atoms with E-state index in [1.807, 2.05) is 24.3 Å². The van der Waals surface area contributed by atoms with E-state index in [0.717, 1.165) is 66.5 Å². The molecule has 678 valence electrons. The van der Waals surface area contributed by atoms with Gasteiger partial charge in [0.25, 0.3) is 0 Å². The van der Waals surface area contributed by atoms with Crippen molar-refractivity contribution in [2.45, 2.75) is 57.3 Å². The molecular weight excluding hydrogens is 1550 g/mol. The molecule has 0 saturated carbocycles. The van der Waals surface area contributed by atoms with E-state index in [4.69, 9.17) is 133 Å². The third-order valence-electron chi connectivity index (χ3n) is 18.0. The number of carboxylic acid groups (broad SMARTS) is 1. The van der Waals surface area contributed by atoms with Gasteiger partial charge in [-0.05, 0) is 119 Å². The van der Waals surface area contributed by atoms with Crippen molar-refractivity contribution in [2.75, 3.05) is 351 Å². The van der Waals surface area contributed by atoms with E-state index < -0.39 is 11.4 Å². The zero-order valence-corrected chi connectivity index (χ0v) is 71.4. The van der Waals surface area contributed by atoms with E-state index >= 15 is 0 Å². The van der Waals surface area contributed by atoms with Crippen LogP contribution >= 0.6 is 0 Å². The summed E-state index contributed by atoms with van der Waals surface area (Å²) in [6.07, 6.45) is 4.78. The maximum Gasteiger partial charge on any atom is 0.305 e. The monoisotopic (exact) mass is 1690 g/mol. The van der Waals surface area contributed by atoms with Crippen LogP contribution < -0.4 is 14.8 Å². The minimum Gasteiger partial charge on any atom is -0.494 e. The highest BCUT2D eigenvalue weighted by Crippen LogP contribution is 2.55. The average Bonchev–Trinajstić information content (AvgIpc) is 1.56. The second-order valence-corrected chi connectivity index (χ2v) is 27.0. The molecule has 0 aliphatic heterocycles. The van der Waals surface area contributed by atoms with E-state index in [1.54, 1.807) is 14.2 Å². The van der Waals surface area contributed by atoms with Crippen molar-refractivity contribution in [1.82, 2.24) is 5.32 Å². The number of aliphatic carboxylic acids is 1. The van der Waals surface area contributed by atoms with Crippen LogP contribution in [0.4, 0.5) is 0 Å². The van der Waals surface area contributed by atoms with Gasteiger partial charge in [-0.25, -0.2) is 0 Å². The SMILES string of the molecule is COCCOCCOCCOCCOCCOCCOCCOCCOCCOCCOCCOCCCC1(CCCOCCOCCOCCOCCOCCOCCOCCOCCOCCOCCOCCOC)c2cc(-c3ccc(OCCCCNC(C)=O)cc3)ccc2-c2ccc(-c3ccc(OCCOCCC(=O)O)cc3)cc21. The molecule has 4 aromatic rings. The van der Waals surface area contributed by atoms with Gasteiger partial charge in [-0.3, -0.25) is 9.59 Å².